The number of aliphatic hydroxyl groups is 4. The van der Waals surface area contributed by atoms with Gasteiger partial charge in [-0.3, -0.25) is 0 Å². The topological polar surface area (TPSA) is 214 Å². The summed E-state index contributed by atoms with van der Waals surface area (Å²) >= 11 is 0. The second kappa shape index (κ2) is 14.1. The van der Waals surface area contributed by atoms with Gasteiger partial charge in [0.1, 0.15) is 43.7 Å². The van der Waals surface area contributed by atoms with E-state index in [9.17, 15) is 39.6 Å². The number of rotatable bonds is 13. The van der Waals surface area contributed by atoms with Gasteiger partial charge in [0.2, 0.25) is 5.79 Å². The molecule has 4 N–H and O–H groups in total. The summed E-state index contributed by atoms with van der Waals surface area (Å²) in [7, 11) is 0. The summed E-state index contributed by atoms with van der Waals surface area (Å²) < 4.78 is 37.7. The second-order valence-electron chi connectivity index (χ2n) is 8.10. The SMILES string of the molecule is C=CC(=O)OC[C@H]1O[C@@](COC(=O)C=C)(O[C@H]2O[C@H](CO)[C@@H](O)[C@H](O)[C@H]2O)[C@@H](OC(=O)C=C)[C@@H]1OC(=O)C=C. The van der Waals surface area contributed by atoms with Crippen LogP contribution in [0.1, 0.15) is 0 Å². The Morgan fingerprint density at radius 3 is 1.90 bits per heavy atom. The quantitative estimate of drug-likeness (QED) is 0.105. The fourth-order valence-corrected chi connectivity index (χ4v) is 3.67. The number of carbonyl (C=O) groups excluding carboxylic acids is 4. The van der Waals surface area contributed by atoms with Gasteiger partial charge in [-0.05, 0) is 0 Å². The molecule has 0 bridgehead atoms. The van der Waals surface area contributed by atoms with Crippen LogP contribution in [-0.4, -0.2) is 119 Å². The molecule has 216 valence electrons. The number of aliphatic hydroxyl groups excluding tert-OH is 4. The maximum Gasteiger partial charge on any atom is 0.330 e. The number of hydrogen-bond donors (Lipinski definition) is 4. The van der Waals surface area contributed by atoms with Crippen LogP contribution in [0.5, 0.6) is 0 Å². The van der Waals surface area contributed by atoms with Gasteiger partial charge >= 0.3 is 23.9 Å². The molecular weight excluding hydrogens is 528 g/mol. The molecule has 0 unspecified atom stereocenters. The highest BCUT2D eigenvalue weighted by Gasteiger charge is 2.64. The van der Waals surface area contributed by atoms with Crippen LogP contribution in [0.25, 0.3) is 0 Å². The molecule has 9 atom stereocenters. The summed E-state index contributed by atoms with van der Waals surface area (Å²) in [5.74, 6) is -6.52. The van der Waals surface area contributed by atoms with E-state index in [0.29, 0.717) is 0 Å². The van der Waals surface area contributed by atoms with Crippen molar-refractivity contribution in [3.63, 3.8) is 0 Å². The Kier molecular flexibility index (Phi) is 11.5. The van der Waals surface area contributed by atoms with Gasteiger partial charge in [-0.15, -0.1) is 0 Å². The first-order valence-corrected chi connectivity index (χ1v) is 11.4. The first kappa shape index (κ1) is 31.8. The van der Waals surface area contributed by atoms with Crippen molar-refractivity contribution in [1.82, 2.24) is 0 Å². The largest absolute Gasteiger partial charge is 0.460 e. The maximum absolute atomic E-state index is 12.3. The van der Waals surface area contributed by atoms with Crippen molar-refractivity contribution < 1.29 is 72.8 Å². The molecule has 15 heteroatoms. The predicted molar refractivity (Wildman–Crippen MR) is 125 cm³/mol. The number of hydrogen-bond acceptors (Lipinski definition) is 15. The Bertz CT molecular complexity index is 961. The van der Waals surface area contributed by atoms with Gasteiger partial charge in [0.25, 0.3) is 0 Å². The van der Waals surface area contributed by atoms with Crippen molar-refractivity contribution in [3.8, 4) is 0 Å². The monoisotopic (exact) mass is 558 g/mol. The molecule has 0 aromatic carbocycles. The van der Waals surface area contributed by atoms with Crippen LogP contribution in [0.2, 0.25) is 0 Å². The lowest BCUT2D eigenvalue weighted by molar-refractivity contribution is -0.383. The molecule has 2 rings (SSSR count). The summed E-state index contributed by atoms with van der Waals surface area (Å²) in [4.78, 5) is 48.1. The van der Waals surface area contributed by atoms with Gasteiger partial charge in [-0.1, -0.05) is 26.3 Å². The third-order valence-corrected chi connectivity index (χ3v) is 5.58. The lowest BCUT2D eigenvalue weighted by atomic mass is 9.99. The van der Waals surface area contributed by atoms with Gasteiger partial charge in [0, 0.05) is 24.3 Å². The molecule has 39 heavy (non-hydrogen) atoms. The fourth-order valence-electron chi connectivity index (χ4n) is 3.67. The van der Waals surface area contributed by atoms with Crippen molar-refractivity contribution in [2.45, 2.75) is 54.8 Å². The second-order valence-corrected chi connectivity index (χ2v) is 8.10. The van der Waals surface area contributed by atoms with E-state index in [1.807, 2.05) is 0 Å². The predicted octanol–water partition coefficient (Wildman–Crippen LogP) is -2.45. The third-order valence-electron chi connectivity index (χ3n) is 5.58. The highest BCUT2D eigenvalue weighted by atomic mass is 16.8. The molecule has 2 fully saturated rings. The van der Waals surface area contributed by atoms with E-state index in [2.05, 4.69) is 26.3 Å². The summed E-state index contributed by atoms with van der Waals surface area (Å²) in [6, 6.07) is 0. The molecule has 2 aliphatic heterocycles. The Labute approximate surface area is 222 Å². The molecule has 0 aromatic rings. The van der Waals surface area contributed by atoms with E-state index >= 15 is 0 Å². The average molecular weight is 558 g/mol. The van der Waals surface area contributed by atoms with E-state index in [1.165, 1.54) is 0 Å². The molecule has 2 heterocycles. The zero-order valence-electron chi connectivity index (χ0n) is 20.7. The van der Waals surface area contributed by atoms with Gasteiger partial charge in [0.05, 0.1) is 6.61 Å². The molecule has 0 spiro atoms. The Morgan fingerprint density at radius 2 is 1.33 bits per heavy atom. The highest BCUT2D eigenvalue weighted by molar-refractivity contribution is 5.83. The Hall–Kier alpha value is -3.44. The number of carbonyl (C=O) groups is 4. The lowest BCUT2D eigenvalue weighted by Gasteiger charge is -2.43. The van der Waals surface area contributed by atoms with Crippen LogP contribution in [0.15, 0.2) is 50.6 Å². The molecule has 0 amide bonds. The molecule has 0 radical (unpaired) electrons. The van der Waals surface area contributed by atoms with Crippen molar-refractivity contribution in [1.29, 1.82) is 0 Å². The van der Waals surface area contributed by atoms with E-state index in [4.69, 9.17) is 33.2 Å². The fraction of sp³-hybridized carbons (Fsp3) is 0.500. The van der Waals surface area contributed by atoms with Crippen molar-refractivity contribution in [2.24, 2.45) is 0 Å². The summed E-state index contributed by atoms with van der Waals surface area (Å²) in [5.41, 5.74) is 0. The van der Waals surface area contributed by atoms with Gasteiger partial charge in [-0.2, -0.15) is 0 Å². The van der Waals surface area contributed by atoms with Gasteiger partial charge in [-0.25, -0.2) is 19.2 Å². The summed E-state index contributed by atoms with van der Waals surface area (Å²) in [5, 5.41) is 40.4. The van der Waals surface area contributed by atoms with Crippen LogP contribution in [-0.2, 0) is 52.3 Å². The van der Waals surface area contributed by atoms with Crippen LogP contribution in [0.3, 0.4) is 0 Å². The first-order valence-electron chi connectivity index (χ1n) is 11.4. The molecule has 15 nitrogen and oxygen atoms in total. The Balaban J connectivity index is 2.61. The van der Waals surface area contributed by atoms with Gasteiger partial charge < -0.3 is 53.6 Å². The van der Waals surface area contributed by atoms with Crippen LogP contribution >= 0.6 is 0 Å². The minimum atomic E-state index is -2.48. The zero-order valence-corrected chi connectivity index (χ0v) is 20.7. The third kappa shape index (κ3) is 7.57. The summed E-state index contributed by atoms with van der Waals surface area (Å²) in [6.07, 6.45) is -10.8. The smallest absolute Gasteiger partial charge is 0.330 e. The Morgan fingerprint density at radius 1 is 0.769 bits per heavy atom. The van der Waals surface area contributed by atoms with Gasteiger partial charge in [0.15, 0.2) is 18.5 Å². The van der Waals surface area contributed by atoms with Crippen molar-refractivity contribution in [2.75, 3.05) is 19.8 Å². The van der Waals surface area contributed by atoms with Crippen molar-refractivity contribution >= 4 is 23.9 Å². The van der Waals surface area contributed by atoms with E-state index < -0.39 is 98.5 Å². The standard InChI is InChI=1S/C24H30O15/c1-5-14(26)33-10-13-21(36-16(28)7-3)22(37-17(29)8-4)24(38-13,11-34-15(27)6-2)39-23-20(32)19(31)18(30)12(9-25)35-23/h5-8,12-13,18-23,25,30-32H,1-4,9-11H2/t12-,13-,18-,19+,20-,21-,22+,23-,24+/m1/s1. The highest BCUT2D eigenvalue weighted by Crippen LogP contribution is 2.40. The lowest BCUT2D eigenvalue weighted by Crippen LogP contribution is -2.63. The number of esters is 4. The molecule has 0 aromatic heterocycles. The number of ether oxygens (including phenoxy) is 7. The minimum absolute atomic E-state index is 0.642. The molecule has 0 saturated carbocycles. The van der Waals surface area contributed by atoms with Crippen LogP contribution < -0.4 is 0 Å². The molecule has 2 saturated heterocycles. The molecular formula is C24H30O15. The minimum Gasteiger partial charge on any atom is -0.460 e. The van der Waals surface area contributed by atoms with Crippen LogP contribution in [0, 0.1) is 0 Å². The molecule has 0 aliphatic carbocycles. The van der Waals surface area contributed by atoms with E-state index in [-0.39, 0.29) is 0 Å². The average Bonchev–Trinajstić information content (AvgIpc) is 3.21. The van der Waals surface area contributed by atoms with E-state index in [1.54, 1.807) is 0 Å². The van der Waals surface area contributed by atoms with Crippen LogP contribution in [0.4, 0.5) is 0 Å². The van der Waals surface area contributed by atoms with Crippen molar-refractivity contribution in [3.05, 3.63) is 50.6 Å². The van der Waals surface area contributed by atoms with E-state index in [0.717, 1.165) is 24.3 Å². The maximum atomic E-state index is 12.3. The zero-order chi connectivity index (χ0) is 29.3. The normalized spacial score (nSPS) is 33.7. The molecule has 2 aliphatic rings. The summed E-state index contributed by atoms with van der Waals surface area (Å²) in [6.45, 7) is 10.7. The first-order chi connectivity index (χ1) is 18.5.